The average Bonchev–Trinajstić information content (AvgIpc) is 2.89. The van der Waals surface area contributed by atoms with Crippen LogP contribution in [-0.4, -0.2) is 17.4 Å². The second kappa shape index (κ2) is 4.94. The lowest BCUT2D eigenvalue weighted by Gasteiger charge is -2.18. The van der Waals surface area contributed by atoms with Gasteiger partial charge >= 0.3 is 0 Å². The van der Waals surface area contributed by atoms with E-state index in [9.17, 15) is 4.79 Å². The van der Waals surface area contributed by atoms with Gasteiger partial charge in [-0.25, -0.2) is 10.8 Å². The molecule has 2 aromatic rings. The molecule has 3 N–H and O–H groups in total. The number of nitrogens with zero attached hydrogens (tertiary/aromatic N) is 2. The monoisotopic (exact) mass is 268 g/mol. The highest BCUT2D eigenvalue weighted by Crippen LogP contribution is 2.29. The fraction of sp³-hybridized carbons (Fsp3) is 0.200. The SMILES string of the molecule is Cc1cc(C(=O)N2CCc3ccccc32)cc(NN)n1. The molecule has 0 bridgehead atoms. The number of para-hydroxylation sites is 1. The molecule has 5 nitrogen and oxygen atoms in total. The molecule has 102 valence electrons. The number of nitrogens with two attached hydrogens (primary N) is 1. The van der Waals surface area contributed by atoms with Crippen LogP contribution in [0.4, 0.5) is 11.5 Å². The molecule has 0 atom stereocenters. The summed E-state index contributed by atoms with van der Waals surface area (Å²) in [5.41, 5.74) is 6.06. The van der Waals surface area contributed by atoms with Crippen LogP contribution in [0.15, 0.2) is 36.4 Å². The Morgan fingerprint density at radius 2 is 2.15 bits per heavy atom. The molecule has 1 aliphatic rings. The van der Waals surface area contributed by atoms with E-state index in [4.69, 9.17) is 5.84 Å². The molecule has 0 aliphatic carbocycles. The van der Waals surface area contributed by atoms with Crippen molar-refractivity contribution in [2.75, 3.05) is 16.9 Å². The van der Waals surface area contributed by atoms with Gasteiger partial charge in [-0.05, 0) is 37.1 Å². The standard InChI is InChI=1S/C15H16N4O/c1-10-8-12(9-14(17-10)18-16)15(20)19-7-6-11-4-2-3-5-13(11)19/h2-5,8-9H,6-7,16H2,1H3,(H,17,18). The maximum Gasteiger partial charge on any atom is 0.258 e. The number of benzene rings is 1. The lowest BCUT2D eigenvalue weighted by atomic mass is 10.1. The second-order valence-corrected chi connectivity index (χ2v) is 4.86. The van der Waals surface area contributed by atoms with Crippen LogP contribution in [0.25, 0.3) is 0 Å². The van der Waals surface area contributed by atoms with E-state index < -0.39 is 0 Å². The predicted octanol–water partition coefficient (Wildman–Crippen LogP) is 1.88. The lowest BCUT2D eigenvalue weighted by Crippen LogP contribution is -2.29. The highest BCUT2D eigenvalue weighted by molar-refractivity contribution is 6.07. The van der Waals surface area contributed by atoms with Gasteiger partial charge < -0.3 is 10.3 Å². The van der Waals surface area contributed by atoms with Crippen LogP contribution >= 0.6 is 0 Å². The Balaban J connectivity index is 1.96. The number of aryl methyl sites for hydroxylation is 1. The zero-order chi connectivity index (χ0) is 14.1. The van der Waals surface area contributed by atoms with Crippen molar-refractivity contribution in [3.05, 3.63) is 53.2 Å². The number of rotatable bonds is 2. The van der Waals surface area contributed by atoms with Gasteiger partial charge in [0, 0.05) is 23.5 Å². The predicted molar refractivity (Wildman–Crippen MR) is 78.6 cm³/mol. The fourth-order valence-electron chi connectivity index (χ4n) is 2.57. The van der Waals surface area contributed by atoms with Crippen molar-refractivity contribution in [3.8, 4) is 0 Å². The summed E-state index contributed by atoms with van der Waals surface area (Å²) in [5, 5.41) is 0. The third kappa shape index (κ3) is 2.12. The number of hydrogen-bond acceptors (Lipinski definition) is 4. The summed E-state index contributed by atoms with van der Waals surface area (Å²) in [6.45, 7) is 2.56. The number of carbonyl (C=O) groups is 1. The van der Waals surface area contributed by atoms with Crippen molar-refractivity contribution in [3.63, 3.8) is 0 Å². The Morgan fingerprint density at radius 3 is 2.95 bits per heavy atom. The number of amides is 1. The van der Waals surface area contributed by atoms with Crippen LogP contribution in [0.2, 0.25) is 0 Å². The highest BCUT2D eigenvalue weighted by Gasteiger charge is 2.25. The molecule has 3 rings (SSSR count). The van der Waals surface area contributed by atoms with Crippen LogP contribution < -0.4 is 16.2 Å². The third-order valence-electron chi connectivity index (χ3n) is 3.48. The largest absolute Gasteiger partial charge is 0.308 e. The maximum atomic E-state index is 12.7. The Labute approximate surface area is 117 Å². The molecular weight excluding hydrogens is 252 g/mol. The molecule has 0 saturated heterocycles. The number of nitrogens with one attached hydrogen (secondary N) is 1. The van der Waals surface area contributed by atoms with Crippen LogP contribution in [0.3, 0.4) is 0 Å². The van der Waals surface area contributed by atoms with Gasteiger partial charge in [-0.15, -0.1) is 0 Å². The summed E-state index contributed by atoms with van der Waals surface area (Å²) < 4.78 is 0. The summed E-state index contributed by atoms with van der Waals surface area (Å²) in [4.78, 5) is 18.7. The first-order chi connectivity index (χ1) is 9.69. The number of pyridine rings is 1. The number of hydrogen-bond donors (Lipinski definition) is 2. The van der Waals surface area contributed by atoms with E-state index in [1.165, 1.54) is 5.56 Å². The van der Waals surface area contributed by atoms with Crippen molar-refractivity contribution in [1.29, 1.82) is 0 Å². The Bertz CT molecular complexity index is 669. The molecule has 1 amide bonds. The van der Waals surface area contributed by atoms with Crippen molar-refractivity contribution in [2.24, 2.45) is 5.84 Å². The smallest absolute Gasteiger partial charge is 0.258 e. The van der Waals surface area contributed by atoms with Gasteiger partial charge in [0.25, 0.3) is 5.91 Å². The maximum absolute atomic E-state index is 12.7. The van der Waals surface area contributed by atoms with Gasteiger partial charge in [-0.3, -0.25) is 4.79 Å². The summed E-state index contributed by atoms with van der Waals surface area (Å²) >= 11 is 0. The molecule has 0 spiro atoms. The van der Waals surface area contributed by atoms with Crippen molar-refractivity contribution in [1.82, 2.24) is 4.98 Å². The first-order valence-corrected chi connectivity index (χ1v) is 6.54. The molecular formula is C15H16N4O. The van der Waals surface area contributed by atoms with E-state index in [-0.39, 0.29) is 5.91 Å². The number of nitrogen functional groups attached to an aromatic ring is 1. The minimum absolute atomic E-state index is 0.0167. The highest BCUT2D eigenvalue weighted by atomic mass is 16.2. The second-order valence-electron chi connectivity index (χ2n) is 4.86. The van der Waals surface area contributed by atoms with Crippen molar-refractivity contribution < 1.29 is 4.79 Å². The Hall–Kier alpha value is -2.40. The lowest BCUT2D eigenvalue weighted by molar-refractivity contribution is 0.0989. The topological polar surface area (TPSA) is 71.2 Å². The van der Waals surface area contributed by atoms with E-state index in [1.54, 1.807) is 12.1 Å². The van der Waals surface area contributed by atoms with Crippen LogP contribution in [-0.2, 0) is 6.42 Å². The van der Waals surface area contributed by atoms with Crippen LogP contribution in [0.1, 0.15) is 21.6 Å². The van der Waals surface area contributed by atoms with E-state index in [0.29, 0.717) is 17.9 Å². The summed E-state index contributed by atoms with van der Waals surface area (Å²) in [7, 11) is 0. The molecule has 0 saturated carbocycles. The van der Waals surface area contributed by atoms with Crippen molar-refractivity contribution in [2.45, 2.75) is 13.3 Å². The number of anilines is 2. The van der Waals surface area contributed by atoms with Gasteiger partial charge in [0.2, 0.25) is 0 Å². The molecule has 1 aromatic heterocycles. The molecule has 2 heterocycles. The summed E-state index contributed by atoms with van der Waals surface area (Å²) in [5.74, 6) is 5.86. The van der Waals surface area contributed by atoms with E-state index >= 15 is 0 Å². The quantitative estimate of drug-likeness (QED) is 0.644. The average molecular weight is 268 g/mol. The molecule has 5 heteroatoms. The van der Waals surface area contributed by atoms with Crippen LogP contribution in [0.5, 0.6) is 0 Å². The molecule has 0 fully saturated rings. The molecule has 1 aliphatic heterocycles. The molecule has 0 radical (unpaired) electrons. The zero-order valence-electron chi connectivity index (χ0n) is 11.3. The fourth-order valence-corrected chi connectivity index (χ4v) is 2.57. The van der Waals surface area contributed by atoms with Gasteiger partial charge in [0.15, 0.2) is 0 Å². The summed E-state index contributed by atoms with van der Waals surface area (Å²) in [6.07, 6.45) is 0.897. The van der Waals surface area contributed by atoms with Crippen LogP contribution in [0, 0.1) is 6.92 Å². The zero-order valence-corrected chi connectivity index (χ0v) is 11.3. The number of aromatic nitrogens is 1. The first kappa shape index (κ1) is 12.6. The van der Waals surface area contributed by atoms with Crippen molar-refractivity contribution >= 4 is 17.4 Å². The molecule has 20 heavy (non-hydrogen) atoms. The van der Waals surface area contributed by atoms with Gasteiger partial charge in [-0.2, -0.15) is 0 Å². The third-order valence-corrected chi connectivity index (χ3v) is 3.48. The minimum atomic E-state index is -0.0167. The number of fused-ring (bicyclic) bond motifs is 1. The minimum Gasteiger partial charge on any atom is -0.308 e. The Kier molecular flexibility index (Phi) is 3.12. The molecule has 1 aromatic carbocycles. The number of carbonyl (C=O) groups excluding carboxylic acids is 1. The van der Waals surface area contributed by atoms with E-state index in [2.05, 4.69) is 16.5 Å². The van der Waals surface area contributed by atoms with Gasteiger partial charge in [0.1, 0.15) is 5.82 Å². The molecule has 0 unspecified atom stereocenters. The van der Waals surface area contributed by atoms with E-state index in [1.807, 2.05) is 30.0 Å². The van der Waals surface area contributed by atoms with Gasteiger partial charge in [0.05, 0.1) is 0 Å². The summed E-state index contributed by atoms with van der Waals surface area (Å²) in [6, 6.07) is 11.5. The number of hydrazine groups is 1. The van der Waals surface area contributed by atoms with E-state index in [0.717, 1.165) is 17.8 Å². The normalized spacial score (nSPS) is 13.2. The Morgan fingerprint density at radius 1 is 1.35 bits per heavy atom. The first-order valence-electron chi connectivity index (χ1n) is 6.54. The van der Waals surface area contributed by atoms with Gasteiger partial charge in [-0.1, -0.05) is 18.2 Å².